The first kappa shape index (κ1) is 20.3. The Hall–Kier alpha value is -2.48. The number of rotatable bonds is 7. The molecule has 2 amide bonds. The number of aliphatic hydroxyl groups excluding tert-OH is 1. The number of nitrogens with one attached hydrogen (secondary N) is 1. The van der Waals surface area contributed by atoms with Gasteiger partial charge in [0, 0.05) is 0 Å². The smallest absolute Gasteiger partial charge is 0.266 e. The van der Waals surface area contributed by atoms with Crippen molar-refractivity contribution >= 4 is 46.2 Å². The zero-order chi connectivity index (χ0) is 19.9. The summed E-state index contributed by atoms with van der Waals surface area (Å²) >= 11 is 6.46. The summed E-state index contributed by atoms with van der Waals surface area (Å²) in [4.78, 5) is 26.8. The van der Waals surface area contributed by atoms with Gasteiger partial charge in [-0.05, 0) is 23.6 Å². The number of hydrogen-bond donors (Lipinski definition) is 2. The molecule has 1 aliphatic heterocycles. The van der Waals surface area contributed by atoms with E-state index in [1.807, 2.05) is 60.7 Å². The summed E-state index contributed by atoms with van der Waals surface area (Å²) in [5.74, 6) is -0.634. The average Bonchev–Trinajstić information content (AvgIpc) is 2.96. The standard InChI is InChI=1S/C21H20N2O3S2/c24-14-17(11-15-7-3-1-4-8-15)22-19(25)13-23-20(26)18(28-21(23)27)12-16-9-5-2-6-10-16/h1-10,12,17,24H,11,13-14H2,(H,22,25). The Morgan fingerprint density at radius 2 is 1.79 bits per heavy atom. The second-order valence-corrected chi connectivity index (χ2v) is 7.99. The first-order chi connectivity index (χ1) is 13.6. The molecule has 3 rings (SSSR count). The molecule has 0 radical (unpaired) electrons. The van der Waals surface area contributed by atoms with Crippen molar-refractivity contribution in [3.05, 3.63) is 76.7 Å². The Morgan fingerprint density at radius 1 is 1.14 bits per heavy atom. The van der Waals surface area contributed by atoms with E-state index in [2.05, 4.69) is 5.32 Å². The molecule has 28 heavy (non-hydrogen) atoms. The van der Waals surface area contributed by atoms with E-state index in [1.54, 1.807) is 6.08 Å². The maximum Gasteiger partial charge on any atom is 0.266 e. The highest BCUT2D eigenvalue weighted by Gasteiger charge is 2.33. The van der Waals surface area contributed by atoms with E-state index in [9.17, 15) is 14.7 Å². The summed E-state index contributed by atoms with van der Waals surface area (Å²) in [6.07, 6.45) is 2.28. The van der Waals surface area contributed by atoms with Gasteiger partial charge < -0.3 is 10.4 Å². The molecule has 1 unspecified atom stereocenters. The van der Waals surface area contributed by atoms with E-state index in [1.165, 1.54) is 16.7 Å². The third-order valence-electron chi connectivity index (χ3n) is 4.18. The predicted octanol–water partition coefficient (Wildman–Crippen LogP) is 2.61. The van der Waals surface area contributed by atoms with Gasteiger partial charge in [-0.1, -0.05) is 84.6 Å². The normalized spacial score (nSPS) is 16.5. The topological polar surface area (TPSA) is 69.6 Å². The van der Waals surface area contributed by atoms with E-state index in [0.29, 0.717) is 15.6 Å². The summed E-state index contributed by atoms with van der Waals surface area (Å²) < 4.78 is 0.353. The van der Waals surface area contributed by atoms with Gasteiger partial charge in [-0.2, -0.15) is 0 Å². The van der Waals surface area contributed by atoms with Crippen LogP contribution >= 0.6 is 24.0 Å². The Balaban J connectivity index is 1.61. The van der Waals surface area contributed by atoms with Gasteiger partial charge in [0.05, 0.1) is 17.6 Å². The second-order valence-electron chi connectivity index (χ2n) is 6.32. The number of nitrogens with zero attached hydrogens (tertiary/aromatic N) is 1. The van der Waals surface area contributed by atoms with E-state index < -0.39 is 6.04 Å². The monoisotopic (exact) mass is 412 g/mol. The van der Waals surface area contributed by atoms with Crippen LogP contribution < -0.4 is 5.32 Å². The minimum atomic E-state index is -0.423. The van der Waals surface area contributed by atoms with E-state index >= 15 is 0 Å². The molecule has 2 aromatic carbocycles. The van der Waals surface area contributed by atoms with Gasteiger partial charge in [-0.15, -0.1) is 0 Å². The molecule has 1 saturated heterocycles. The summed E-state index contributed by atoms with van der Waals surface area (Å²) in [7, 11) is 0. The van der Waals surface area contributed by atoms with Crippen molar-refractivity contribution in [2.75, 3.05) is 13.2 Å². The number of benzene rings is 2. The Bertz CT molecular complexity index is 885. The van der Waals surface area contributed by atoms with E-state index in [4.69, 9.17) is 12.2 Å². The summed E-state index contributed by atoms with van der Waals surface area (Å²) in [6.45, 7) is -0.352. The molecule has 0 aromatic heterocycles. The molecule has 0 spiro atoms. The van der Waals surface area contributed by atoms with Crippen LogP contribution in [-0.4, -0.2) is 45.3 Å². The van der Waals surface area contributed by atoms with Crippen molar-refractivity contribution in [2.45, 2.75) is 12.5 Å². The number of thioether (sulfide) groups is 1. The number of carbonyl (C=O) groups is 2. The first-order valence-electron chi connectivity index (χ1n) is 8.81. The lowest BCUT2D eigenvalue weighted by atomic mass is 10.1. The van der Waals surface area contributed by atoms with Crippen LogP contribution in [-0.2, 0) is 16.0 Å². The first-order valence-corrected chi connectivity index (χ1v) is 10.0. The number of carbonyl (C=O) groups excluding carboxylic acids is 2. The largest absolute Gasteiger partial charge is 0.394 e. The third kappa shape index (κ3) is 5.28. The quantitative estimate of drug-likeness (QED) is 0.540. The van der Waals surface area contributed by atoms with E-state index in [-0.39, 0.29) is 25.0 Å². The van der Waals surface area contributed by atoms with Crippen molar-refractivity contribution in [2.24, 2.45) is 0 Å². The molecule has 0 aliphatic carbocycles. The Kier molecular flexibility index (Phi) is 6.97. The highest BCUT2D eigenvalue weighted by atomic mass is 32.2. The molecule has 1 aliphatic rings. The lowest BCUT2D eigenvalue weighted by molar-refractivity contribution is -0.129. The molecule has 1 heterocycles. The highest BCUT2D eigenvalue weighted by Crippen LogP contribution is 2.32. The van der Waals surface area contributed by atoms with E-state index in [0.717, 1.165) is 11.1 Å². The van der Waals surface area contributed by atoms with Gasteiger partial charge >= 0.3 is 0 Å². The van der Waals surface area contributed by atoms with Gasteiger partial charge in [0.15, 0.2) is 0 Å². The van der Waals surface area contributed by atoms with Crippen LogP contribution in [0.5, 0.6) is 0 Å². The van der Waals surface area contributed by atoms with Gasteiger partial charge in [-0.3, -0.25) is 14.5 Å². The zero-order valence-electron chi connectivity index (χ0n) is 15.1. The number of amides is 2. The molecular formula is C21H20N2O3S2. The second kappa shape index (κ2) is 9.64. The molecule has 0 bridgehead atoms. The van der Waals surface area contributed by atoms with Crippen LogP contribution in [0.1, 0.15) is 11.1 Å². The van der Waals surface area contributed by atoms with Crippen molar-refractivity contribution in [3.8, 4) is 0 Å². The van der Waals surface area contributed by atoms with Crippen molar-refractivity contribution in [3.63, 3.8) is 0 Å². The molecule has 0 saturated carbocycles. The minimum Gasteiger partial charge on any atom is -0.394 e. The lowest BCUT2D eigenvalue weighted by Crippen LogP contribution is -2.45. The molecule has 2 aromatic rings. The molecule has 2 N–H and O–H groups in total. The van der Waals surface area contributed by atoms with Crippen LogP contribution in [0.25, 0.3) is 6.08 Å². The van der Waals surface area contributed by atoms with Crippen LogP contribution in [0, 0.1) is 0 Å². The molecule has 1 fully saturated rings. The number of aliphatic hydroxyl groups is 1. The number of thiocarbonyl (C=S) groups is 1. The van der Waals surface area contributed by atoms with Crippen molar-refractivity contribution in [1.29, 1.82) is 0 Å². The molecule has 1 atom stereocenters. The van der Waals surface area contributed by atoms with Crippen LogP contribution in [0.2, 0.25) is 0 Å². The molecular weight excluding hydrogens is 392 g/mol. The van der Waals surface area contributed by atoms with Crippen LogP contribution in [0.3, 0.4) is 0 Å². The summed E-state index contributed by atoms with van der Waals surface area (Å²) in [6, 6.07) is 18.7. The fourth-order valence-electron chi connectivity index (χ4n) is 2.81. The fourth-order valence-corrected chi connectivity index (χ4v) is 4.07. The Morgan fingerprint density at radius 3 is 2.43 bits per heavy atom. The molecule has 144 valence electrons. The van der Waals surface area contributed by atoms with Crippen molar-refractivity contribution in [1.82, 2.24) is 10.2 Å². The molecule has 7 heteroatoms. The maximum atomic E-state index is 12.6. The van der Waals surface area contributed by atoms with Gasteiger partial charge in [0.1, 0.15) is 10.9 Å². The summed E-state index contributed by atoms with van der Waals surface area (Å²) in [5, 5.41) is 12.3. The van der Waals surface area contributed by atoms with Crippen LogP contribution in [0.4, 0.5) is 0 Å². The third-order valence-corrected chi connectivity index (χ3v) is 5.56. The summed E-state index contributed by atoms with van der Waals surface area (Å²) in [5.41, 5.74) is 1.91. The zero-order valence-corrected chi connectivity index (χ0v) is 16.7. The number of hydrogen-bond acceptors (Lipinski definition) is 5. The Labute approximate surface area is 173 Å². The van der Waals surface area contributed by atoms with Gasteiger partial charge in [0.25, 0.3) is 5.91 Å². The van der Waals surface area contributed by atoms with Gasteiger partial charge in [0.2, 0.25) is 5.91 Å². The fraction of sp³-hybridized carbons (Fsp3) is 0.190. The van der Waals surface area contributed by atoms with Crippen molar-refractivity contribution < 1.29 is 14.7 Å². The molecule has 5 nitrogen and oxygen atoms in total. The highest BCUT2D eigenvalue weighted by molar-refractivity contribution is 8.26. The lowest BCUT2D eigenvalue weighted by Gasteiger charge is -2.19. The SMILES string of the molecule is O=C(CN1C(=O)C(=Cc2ccccc2)SC1=S)NC(CO)Cc1ccccc1. The minimum absolute atomic E-state index is 0.165. The average molecular weight is 413 g/mol. The van der Waals surface area contributed by atoms with Crippen LogP contribution in [0.15, 0.2) is 65.6 Å². The van der Waals surface area contributed by atoms with Gasteiger partial charge in [-0.25, -0.2) is 0 Å². The predicted molar refractivity (Wildman–Crippen MR) is 115 cm³/mol. The maximum absolute atomic E-state index is 12.6.